The van der Waals surface area contributed by atoms with E-state index < -0.39 is 0 Å². The molecular weight excluding hydrogens is 365 g/mol. The molecule has 0 spiro atoms. The lowest BCUT2D eigenvalue weighted by Crippen LogP contribution is -3.00. The van der Waals surface area contributed by atoms with Crippen LogP contribution in [0.4, 0.5) is 0 Å². The molecular formula is C16H16INO2. The predicted octanol–water partition coefficient (Wildman–Crippen LogP) is -0.103. The van der Waals surface area contributed by atoms with Crippen LogP contribution in [0, 0.1) is 0 Å². The van der Waals surface area contributed by atoms with Crippen molar-refractivity contribution in [2.45, 2.75) is 13.5 Å². The molecule has 1 aromatic carbocycles. The molecule has 3 rings (SSSR count). The molecule has 0 aliphatic carbocycles. The van der Waals surface area contributed by atoms with Gasteiger partial charge in [0.05, 0.1) is 0 Å². The third-order valence-electron chi connectivity index (χ3n) is 3.16. The molecule has 3 nitrogen and oxygen atoms in total. The molecule has 1 aliphatic rings. The van der Waals surface area contributed by atoms with Gasteiger partial charge in [0.2, 0.25) is 12.5 Å². The first-order valence-electron chi connectivity index (χ1n) is 6.43. The smallest absolute Gasteiger partial charge is 0.231 e. The van der Waals surface area contributed by atoms with E-state index in [9.17, 15) is 0 Å². The maximum absolute atomic E-state index is 5.37. The Morgan fingerprint density at radius 1 is 1.10 bits per heavy atom. The van der Waals surface area contributed by atoms with Gasteiger partial charge in [-0.3, -0.25) is 0 Å². The average Bonchev–Trinajstić information content (AvgIpc) is 2.93. The molecule has 0 radical (unpaired) electrons. The van der Waals surface area contributed by atoms with Crippen LogP contribution in [0.5, 0.6) is 11.5 Å². The molecule has 0 N–H and O–H groups in total. The molecule has 0 amide bonds. The van der Waals surface area contributed by atoms with Crippen LogP contribution < -0.4 is 38.0 Å². The Morgan fingerprint density at radius 3 is 2.80 bits per heavy atom. The topological polar surface area (TPSA) is 22.3 Å². The predicted molar refractivity (Wildman–Crippen MR) is 73.8 cm³/mol. The Kier molecular flexibility index (Phi) is 5.00. The Balaban J connectivity index is 0.00000147. The van der Waals surface area contributed by atoms with Crippen molar-refractivity contribution in [3.05, 3.63) is 53.9 Å². The number of aryl methyl sites for hydroxylation is 1. The van der Waals surface area contributed by atoms with Crippen LogP contribution in [0.3, 0.4) is 0 Å². The number of benzene rings is 1. The van der Waals surface area contributed by atoms with Gasteiger partial charge in [-0.05, 0) is 36.8 Å². The number of rotatable bonds is 3. The van der Waals surface area contributed by atoms with E-state index in [1.807, 2.05) is 30.3 Å². The fourth-order valence-corrected chi connectivity index (χ4v) is 2.13. The molecule has 0 atom stereocenters. The minimum absolute atomic E-state index is 0. The van der Waals surface area contributed by atoms with Crippen LogP contribution in [-0.2, 0) is 6.54 Å². The highest BCUT2D eigenvalue weighted by Crippen LogP contribution is 2.32. The van der Waals surface area contributed by atoms with Gasteiger partial charge in [0, 0.05) is 18.2 Å². The van der Waals surface area contributed by atoms with Gasteiger partial charge < -0.3 is 33.5 Å². The average molecular weight is 381 g/mol. The Hall–Kier alpha value is -1.56. The second kappa shape index (κ2) is 6.74. The number of aromatic nitrogens is 1. The molecule has 20 heavy (non-hydrogen) atoms. The summed E-state index contributed by atoms with van der Waals surface area (Å²) < 4.78 is 12.9. The summed E-state index contributed by atoms with van der Waals surface area (Å²) in [7, 11) is 0. The molecule has 1 aliphatic heterocycles. The van der Waals surface area contributed by atoms with Gasteiger partial charge in [0.25, 0.3) is 0 Å². The van der Waals surface area contributed by atoms with Crippen molar-refractivity contribution < 1.29 is 38.0 Å². The van der Waals surface area contributed by atoms with Crippen molar-refractivity contribution in [1.29, 1.82) is 0 Å². The Bertz CT molecular complexity index is 626. The van der Waals surface area contributed by atoms with E-state index in [0.717, 1.165) is 23.6 Å². The third kappa shape index (κ3) is 3.12. The quantitative estimate of drug-likeness (QED) is 0.548. The van der Waals surface area contributed by atoms with Crippen molar-refractivity contribution in [3.63, 3.8) is 0 Å². The Labute approximate surface area is 135 Å². The molecule has 2 heterocycles. The lowest BCUT2D eigenvalue weighted by atomic mass is 10.1. The van der Waals surface area contributed by atoms with Crippen molar-refractivity contribution in [2.24, 2.45) is 0 Å². The van der Waals surface area contributed by atoms with Crippen LogP contribution in [0.25, 0.3) is 12.2 Å². The van der Waals surface area contributed by atoms with Crippen LogP contribution in [0.1, 0.15) is 18.2 Å². The number of halogens is 1. The van der Waals surface area contributed by atoms with Crippen molar-refractivity contribution >= 4 is 12.2 Å². The number of hydrogen-bond acceptors (Lipinski definition) is 2. The summed E-state index contributed by atoms with van der Waals surface area (Å²) in [6.45, 7) is 3.41. The van der Waals surface area contributed by atoms with Gasteiger partial charge in [0.1, 0.15) is 6.54 Å². The van der Waals surface area contributed by atoms with E-state index in [0.29, 0.717) is 6.79 Å². The SMILES string of the molecule is CC[n+]1ccccc1/C=C\c1ccc2c(c1)OCO2.[I-]. The highest BCUT2D eigenvalue weighted by molar-refractivity contribution is 5.68. The van der Waals surface area contributed by atoms with Gasteiger partial charge >= 0.3 is 0 Å². The molecule has 0 saturated carbocycles. The van der Waals surface area contributed by atoms with Crippen LogP contribution in [0.15, 0.2) is 42.6 Å². The van der Waals surface area contributed by atoms with E-state index >= 15 is 0 Å². The zero-order chi connectivity index (χ0) is 13.1. The highest BCUT2D eigenvalue weighted by Gasteiger charge is 2.12. The summed E-state index contributed by atoms with van der Waals surface area (Å²) in [5, 5.41) is 0. The van der Waals surface area contributed by atoms with E-state index in [-0.39, 0.29) is 24.0 Å². The molecule has 4 heteroatoms. The lowest BCUT2D eigenvalue weighted by Gasteiger charge is -1.98. The molecule has 1 aromatic heterocycles. The summed E-state index contributed by atoms with van der Waals surface area (Å²) in [5.74, 6) is 1.64. The maximum Gasteiger partial charge on any atom is 0.231 e. The normalized spacial score (nSPS) is 12.4. The number of pyridine rings is 1. The van der Waals surface area contributed by atoms with Crippen LogP contribution in [-0.4, -0.2) is 6.79 Å². The standard InChI is InChI=1S/C16H16NO2.HI/c1-2-17-10-4-3-5-14(17)8-6-13-7-9-15-16(11-13)19-12-18-15;/h3-11H,2,12H2,1H3;1H/q+1;/p-1/b8-6-;. The molecule has 104 valence electrons. The fraction of sp³-hybridized carbons (Fsp3) is 0.188. The maximum atomic E-state index is 5.37. The molecule has 0 bridgehead atoms. The van der Waals surface area contributed by atoms with E-state index in [4.69, 9.17) is 9.47 Å². The van der Waals surface area contributed by atoms with E-state index in [1.165, 1.54) is 5.69 Å². The van der Waals surface area contributed by atoms with Crippen molar-refractivity contribution in [1.82, 2.24) is 0 Å². The third-order valence-corrected chi connectivity index (χ3v) is 3.16. The molecule has 0 unspecified atom stereocenters. The lowest BCUT2D eigenvalue weighted by molar-refractivity contribution is -0.695. The second-order valence-electron chi connectivity index (χ2n) is 4.36. The van der Waals surface area contributed by atoms with Crippen LogP contribution >= 0.6 is 0 Å². The fourth-order valence-electron chi connectivity index (χ4n) is 2.13. The van der Waals surface area contributed by atoms with Gasteiger partial charge in [-0.15, -0.1) is 0 Å². The molecule has 2 aromatic rings. The summed E-state index contributed by atoms with van der Waals surface area (Å²) in [6.07, 6.45) is 6.28. The van der Waals surface area contributed by atoms with Crippen molar-refractivity contribution in [2.75, 3.05) is 6.79 Å². The zero-order valence-electron chi connectivity index (χ0n) is 11.3. The minimum Gasteiger partial charge on any atom is -1.00 e. The highest BCUT2D eigenvalue weighted by atomic mass is 127. The summed E-state index contributed by atoms with van der Waals surface area (Å²) in [4.78, 5) is 0. The second-order valence-corrected chi connectivity index (χ2v) is 4.36. The monoisotopic (exact) mass is 381 g/mol. The minimum atomic E-state index is 0. The first kappa shape index (κ1) is 14.8. The van der Waals surface area contributed by atoms with Gasteiger partial charge in [-0.25, -0.2) is 0 Å². The number of ether oxygens (including phenoxy) is 2. The van der Waals surface area contributed by atoms with Gasteiger partial charge in [-0.1, -0.05) is 6.07 Å². The summed E-state index contributed by atoms with van der Waals surface area (Å²) in [5.41, 5.74) is 2.29. The summed E-state index contributed by atoms with van der Waals surface area (Å²) >= 11 is 0. The van der Waals surface area contributed by atoms with Gasteiger partial charge in [0.15, 0.2) is 17.7 Å². The van der Waals surface area contributed by atoms with E-state index in [1.54, 1.807) is 0 Å². The van der Waals surface area contributed by atoms with Crippen molar-refractivity contribution in [3.8, 4) is 11.5 Å². The van der Waals surface area contributed by atoms with Gasteiger partial charge in [-0.2, -0.15) is 4.57 Å². The van der Waals surface area contributed by atoms with E-state index in [2.05, 4.69) is 35.9 Å². The summed E-state index contributed by atoms with van der Waals surface area (Å²) in [6, 6.07) is 12.2. The first-order valence-corrected chi connectivity index (χ1v) is 6.43. The zero-order valence-corrected chi connectivity index (χ0v) is 13.4. The molecule has 0 fully saturated rings. The number of nitrogens with zero attached hydrogens (tertiary/aromatic N) is 1. The number of hydrogen-bond donors (Lipinski definition) is 0. The van der Waals surface area contributed by atoms with Crippen LogP contribution in [0.2, 0.25) is 0 Å². The number of fused-ring (bicyclic) bond motifs is 1. The Morgan fingerprint density at radius 2 is 1.95 bits per heavy atom. The largest absolute Gasteiger partial charge is 1.00 e. The first-order chi connectivity index (χ1) is 9.36. The molecule has 0 saturated heterocycles.